The van der Waals surface area contributed by atoms with Crippen LogP contribution < -0.4 is 0 Å². The van der Waals surface area contributed by atoms with Crippen molar-refractivity contribution >= 4 is 5.91 Å². The van der Waals surface area contributed by atoms with Gasteiger partial charge in [-0.2, -0.15) is 5.10 Å². The molecule has 0 bridgehead atoms. The van der Waals surface area contributed by atoms with E-state index >= 15 is 0 Å². The highest BCUT2D eigenvalue weighted by atomic mass is 16.5. The molecule has 6 heteroatoms. The van der Waals surface area contributed by atoms with Crippen LogP contribution >= 0.6 is 0 Å². The van der Waals surface area contributed by atoms with Gasteiger partial charge < -0.3 is 9.64 Å². The zero-order valence-corrected chi connectivity index (χ0v) is 12.8. The molecule has 1 saturated heterocycles. The van der Waals surface area contributed by atoms with Gasteiger partial charge in [-0.3, -0.25) is 4.79 Å². The molecule has 1 aliphatic rings. The maximum absolute atomic E-state index is 12.6. The molecule has 0 aliphatic carbocycles. The third kappa shape index (κ3) is 3.33. The van der Waals surface area contributed by atoms with Gasteiger partial charge in [0.25, 0.3) is 5.91 Å². The maximum Gasteiger partial charge on any atom is 0.254 e. The van der Waals surface area contributed by atoms with Crippen molar-refractivity contribution in [2.75, 3.05) is 13.1 Å². The van der Waals surface area contributed by atoms with E-state index in [2.05, 4.69) is 10.1 Å². The van der Waals surface area contributed by atoms with E-state index in [1.54, 1.807) is 11.0 Å². The molecule has 3 rings (SSSR count). The minimum Gasteiger partial charge on any atom is -0.372 e. The summed E-state index contributed by atoms with van der Waals surface area (Å²) in [4.78, 5) is 18.3. The van der Waals surface area contributed by atoms with Crippen molar-refractivity contribution in [1.29, 1.82) is 0 Å². The second-order valence-corrected chi connectivity index (χ2v) is 5.76. The van der Waals surface area contributed by atoms with E-state index in [9.17, 15) is 4.79 Å². The fourth-order valence-corrected chi connectivity index (χ4v) is 2.78. The van der Waals surface area contributed by atoms with E-state index in [1.807, 2.05) is 43.0 Å². The Morgan fingerprint density at radius 1 is 1.23 bits per heavy atom. The highest BCUT2D eigenvalue weighted by molar-refractivity contribution is 5.94. The summed E-state index contributed by atoms with van der Waals surface area (Å²) >= 11 is 0. The number of hydrogen-bond acceptors (Lipinski definition) is 4. The van der Waals surface area contributed by atoms with E-state index in [-0.39, 0.29) is 18.1 Å². The number of nitrogens with zero attached hydrogens (tertiary/aromatic N) is 4. The molecule has 1 aromatic carbocycles. The Morgan fingerprint density at radius 3 is 2.50 bits per heavy atom. The van der Waals surface area contributed by atoms with Crippen LogP contribution in [0.25, 0.3) is 0 Å². The largest absolute Gasteiger partial charge is 0.372 e. The first kappa shape index (κ1) is 14.7. The molecule has 6 nitrogen and oxygen atoms in total. The lowest BCUT2D eigenvalue weighted by molar-refractivity contribution is -0.0586. The first-order valence-electron chi connectivity index (χ1n) is 7.48. The molecule has 0 saturated carbocycles. The van der Waals surface area contributed by atoms with Crippen LogP contribution in [-0.4, -0.2) is 50.9 Å². The van der Waals surface area contributed by atoms with E-state index in [4.69, 9.17) is 4.74 Å². The van der Waals surface area contributed by atoms with Crippen LogP contribution in [0.5, 0.6) is 0 Å². The number of morpholine rings is 1. The third-order valence-corrected chi connectivity index (χ3v) is 3.72. The lowest BCUT2D eigenvalue weighted by atomic mass is 10.1. The summed E-state index contributed by atoms with van der Waals surface area (Å²) in [7, 11) is 0. The summed E-state index contributed by atoms with van der Waals surface area (Å²) in [5, 5.41) is 4.08. The molecule has 2 atom stereocenters. The standard InChI is InChI=1S/C16H20N4O2/c1-12-7-19(8-13(2)22-12)16(21)15-5-3-14(4-6-15)9-20-11-17-10-18-20/h3-6,10-13H,7-9H2,1-2H3/t12-,13+. The van der Waals surface area contributed by atoms with Gasteiger partial charge in [0.05, 0.1) is 18.8 Å². The first-order chi connectivity index (χ1) is 10.6. The van der Waals surface area contributed by atoms with Crippen LogP contribution in [0.2, 0.25) is 0 Å². The number of carbonyl (C=O) groups excluding carboxylic acids is 1. The van der Waals surface area contributed by atoms with Crippen molar-refractivity contribution in [1.82, 2.24) is 19.7 Å². The summed E-state index contributed by atoms with van der Waals surface area (Å²) in [5.74, 6) is 0.0642. The number of benzene rings is 1. The number of hydrogen-bond donors (Lipinski definition) is 0. The van der Waals surface area contributed by atoms with Gasteiger partial charge in [-0.25, -0.2) is 9.67 Å². The number of rotatable bonds is 3. The van der Waals surface area contributed by atoms with Gasteiger partial charge >= 0.3 is 0 Å². The molecule has 1 aliphatic heterocycles. The number of amides is 1. The predicted octanol–water partition coefficient (Wildman–Crippen LogP) is 1.58. The second kappa shape index (κ2) is 6.27. The first-order valence-corrected chi connectivity index (χ1v) is 7.48. The minimum atomic E-state index is 0.0642. The zero-order valence-electron chi connectivity index (χ0n) is 12.8. The van der Waals surface area contributed by atoms with Gasteiger partial charge in [-0.15, -0.1) is 0 Å². The smallest absolute Gasteiger partial charge is 0.254 e. The Balaban J connectivity index is 1.68. The molecule has 116 valence electrons. The van der Waals surface area contributed by atoms with Crippen LogP contribution in [0.3, 0.4) is 0 Å². The Morgan fingerprint density at radius 2 is 1.91 bits per heavy atom. The molecule has 0 unspecified atom stereocenters. The second-order valence-electron chi connectivity index (χ2n) is 5.76. The van der Waals surface area contributed by atoms with Crippen LogP contribution in [0.1, 0.15) is 29.8 Å². The summed E-state index contributed by atoms with van der Waals surface area (Å²) in [6, 6.07) is 7.67. The van der Waals surface area contributed by atoms with Crippen LogP contribution in [0.15, 0.2) is 36.9 Å². The molecule has 0 radical (unpaired) electrons. The van der Waals surface area contributed by atoms with Crippen molar-refractivity contribution in [2.24, 2.45) is 0 Å². The molecule has 2 aromatic rings. The summed E-state index contributed by atoms with van der Waals surface area (Å²) in [6.45, 7) is 5.93. The van der Waals surface area contributed by atoms with Gasteiger partial charge in [-0.05, 0) is 31.5 Å². The van der Waals surface area contributed by atoms with E-state index in [0.717, 1.165) is 5.56 Å². The number of ether oxygens (including phenoxy) is 1. The van der Waals surface area contributed by atoms with E-state index in [0.29, 0.717) is 25.2 Å². The molecular formula is C16H20N4O2. The average molecular weight is 300 g/mol. The van der Waals surface area contributed by atoms with Crippen LogP contribution in [-0.2, 0) is 11.3 Å². The topological polar surface area (TPSA) is 60.2 Å². The Hall–Kier alpha value is -2.21. The van der Waals surface area contributed by atoms with Gasteiger partial charge in [0.1, 0.15) is 12.7 Å². The monoisotopic (exact) mass is 300 g/mol. The molecule has 1 aromatic heterocycles. The van der Waals surface area contributed by atoms with Crippen molar-refractivity contribution in [3.8, 4) is 0 Å². The molecule has 22 heavy (non-hydrogen) atoms. The molecular weight excluding hydrogens is 280 g/mol. The molecule has 0 spiro atoms. The minimum absolute atomic E-state index is 0.0642. The lowest BCUT2D eigenvalue weighted by Crippen LogP contribution is -2.48. The molecule has 1 fully saturated rings. The zero-order chi connectivity index (χ0) is 15.5. The fourth-order valence-electron chi connectivity index (χ4n) is 2.78. The lowest BCUT2D eigenvalue weighted by Gasteiger charge is -2.35. The third-order valence-electron chi connectivity index (χ3n) is 3.72. The molecule has 1 amide bonds. The number of aromatic nitrogens is 3. The van der Waals surface area contributed by atoms with E-state index in [1.165, 1.54) is 6.33 Å². The van der Waals surface area contributed by atoms with Gasteiger partial charge in [0, 0.05) is 18.7 Å². The van der Waals surface area contributed by atoms with Gasteiger partial charge in [0.2, 0.25) is 0 Å². The molecule has 2 heterocycles. The van der Waals surface area contributed by atoms with Crippen molar-refractivity contribution in [3.05, 3.63) is 48.0 Å². The maximum atomic E-state index is 12.6. The summed E-state index contributed by atoms with van der Waals surface area (Å²) in [5.41, 5.74) is 1.80. The summed E-state index contributed by atoms with van der Waals surface area (Å²) in [6.07, 6.45) is 3.35. The van der Waals surface area contributed by atoms with Crippen molar-refractivity contribution in [2.45, 2.75) is 32.6 Å². The van der Waals surface area contributed by atoms with Crippen LogP contribution in [0, 0.1) is 0 Å². The Labute approximate surface area is 129 Å². The number of carbonyl (C=O) groups is 1. The molecule has 0 N–H and O–H groups in total. The van der Waals surface area contributed by atoms with Gasteiger partial charge in [0.15, 0.2) is 0 Å². The summed E-state index contributed by atoms with van der Waals surface area (Å²) < 4.78 is 7.42. The Bertz CT molecular complexity index is 614. The SMILES string of the molecule is C[C@@H]1CN(C(=O)c2ccc(Cn3cncn3)cc2)C[C@H](C)O1. The predicted molar refractivity (Wildman–Crippen MR) is 81.5 cm³/mol. The normalized spacial score (nSPS) is 21.8. The van der Waals surface area contributed by atoms with Crippen LogP contribution in [0.4, 0.5) is 0 Å². The fraction of sp³-hybridized carbons (Fsp3) is 0.438. The quantitative estimate of drug-likeness (QED) is 0.863. The Kier molecular flexibility index (Phi) is 4.20. The highest BCUT2D eigenvalue weighted by Crippen LogP contribution is 2.15. The average Bonchev–Trinajstić information content (AvgIpc) is 2.99. The highest BCUT2D eigenvalue weighted by Gasteiger charge is 2.26. The van der Waals surface area contributed by atoms with E-state index < -0.39 is 0 Å². The van der Waals surface area contributed by atoms with Crippen molar-refractivity contribution < 1.29 is 9.53 Å². The van der Waals surface area contributed by atoms with Crippen molar-refractivity contribution in [3.63, 3.8) is 0 Å². The van der Waals surface area contributed by atoms with Gasteiger partial charge in [-0.1, -0.05) is 12.1 Å².